The average Bonchev–Trinajstić information content (AvgIpc) is 2.80. The molecule has 0 amide bonds. The molecule has 4 rings (SSSR count). The van der Waals surface area contributed by atoms with E-state index < -0.39 is 8.32 Å². The molecule has 3 atom stereocenters. The van der Waals surface area contributed by atoms with Gasteiger partial charge in [-0.05, 0) is 49.0 Å². The van der Waals surface area contributed by atoms with Gasteiger partial charge in [-0.15, -0.1) is 0 Å². The summed E-state index contributed by atoms with van der Waals surface area (Å²) in [4.78, 5) is 15.4. The van der Waals surface area contributed by atoms with E-state index >= 15 is 0 Å². The summed E-state index contributed by atoms with van der Waals surface area (Å²) < 4.78 is 7.28. The molecule has 2 aliphatic rings. The summed E-state index contributed by atoms with van der Waals surface area (Å²) in [6.07, 6.45) is 6.59. The van der Waals surface area contributed by atoms with Crippen LogP contribution in [0.2, 0.25) is 18.1 Å². The Balaban J connectivity index is 1.91. The molecule has 0 saturated carbocycles. The highest BCUT2D eigenvalue weighted by molar-refractivity contribution is 6.74. The molecule has 34 heavy (non-hydrogen) atoms. The Labute approximate surface area is 206 Å². The van der Waals surface area contributed by atoms with E-state index in [1.807, 2.05) is 0 Å². The Morgan fingerprint density at radius 2 is 1.53 bits per heavy atom. The van der Waals surface area contributed by atoms with Gasteiger partial charge in [0.15, 0.2) is 14.1 Å². The first-order valence-electron chi connectivity index (χ1n) is 12.6. The third-order valence-electron chi connectivity index (χ3n) is 7.80. The van der Waals surface area contributed by atoms with Gasteiger partial charge in [-0.3, -0.25) is 4.79 Å². The molecular weight excluding hydrogens is 434 g/mol. The standard InChI is InChI=1S/C30H39NO2Si/c1-22-20-21-25-26(18-13-19-27(25)32)31(22)28(23-14-9-7-10-15-23)29(24-16-11-8-12-17-24)33-34(5,6)30(2,3)4/h7-12,14-17,20-22,28-29H,13,18-19H2,1-6H3/t22-,28-,29+/m0/s1. The maximum absolute atomic E-state index is 12.9. The summed E-state index contributed by atoms with van der Waals surface area (Å²) in [5.41, 5.74) is 4.48. The topological polar surface area (TPSA) is 29.5 Å². The van der Waals surface area contributed by atoms with Gasteiger partial charge >= 0.3 is 0 Å². The van der Waals surface area contributed by atoms with Crippen molar-refractivity contribution >= 4 is 14.1 Å². The molecular formula is C30H39NO2Si. The average molecular weight is 474 g/mol. The van der Waals surface area contributed by atoms with Crippen LogP contribution in [0.4, 0.5) is 0 Å². The maximum Gasteiger partial charge on any atom is 0.193 e. The molecule has 4 heteroatoms. The van der Waals surface area contributed by atoms with E-state index in [-0.39, 0.29) is 29.0 Å². The second kappa shape index (κ2) is 9.67. The van der Waals surface area contributed by atoms with E-state index in [4.69, 9.17) is 4.43 Å². The first kappa shape index (κ1) is 24.7. The molecule has 180 valence electrons. The normalized spacial score (nSPS) is 20.8. The largest absolute Gasteiger partial charge is 0.407 e. The number of rotatable bonds is 6. The summed E-state index contributed by atoms with van der Waals surface area (Å²) in [7, 11) is -2.12. The zero-order valence-corrected chi connectivity index (χ0v) is 22.5. The number of Topliss-reactive ketones (excluding diaryl/α,β-unsaturated/α-hetero) is 1. The van der Waals surface area contributed by atoms with Crippen LogP contribution in [0.1, 0.15) is 70.2 Å². The summed E-state index contributed by atoms with van der Waals surface area (Å²) >= 11 is 0. The fourth-order valence-electron chi connectivity index (χ4n) is 4.88. The Bertz CT molecular complexity index is 1070. The number of carbonyl (C=O) groups excluding carboxylic acids is 1. The van der Waals surface area contributed by atoms with E-state index in [9.17, 15) is 4.79 Å². The lowest BCUT2D eigenvalue weighted by Crippen LogP contribution is -2.47. The zero-order valence-electron chi connectivity index (χ0n) is 21.5. The van der Waals surface area contributed by atoms with Crippen molar-refractivity contribution in [3.63, 3.8) is 0 Å². The fourth-order valence-corrected chi connectivity index (χ4v) is 6.14. The van der Waals surface area contributed by atoms with Crippen LogP contribution >= 0.6 is 0 Å². The van der Waals surface area contributed by atoms with Crippen LogP contribution < -0.4 is 0 Å². The van der Waals surface area contributed by atoms with E-state index in [0.29, 0.717) is 6.42 Å². The number of ketones is 1. The SMILES string of the molecule is C[C@H]1C=CC2=C(CCCC2=O)N1[C@@H](c1ccccc1)[C@H](O[Si](C)(C)C(C)(C)C)c1ccccc1. The minimum absolute atomic E-state index is 0.0337. The first-order valence-corrected chi connectivity index (χ1v) is 15.5. The second-order valence-electron chi connectivity index (χ2n) is 11.2. The summed E-state index contributed by atoms with van der Waals surface area (Å²) in [6, 6.07) is 21.5. The monoisotopic (exact) mass is 473 g/mol. The Morgan fingerprint density at radius 3 is 2.12 bits per heavy atom. The molecule has 0 aromatic heterocycles. The van der Waals surface area contributed by atoms with Gasteiger partial charge in [-0.1, -0.05) is 93.6 Å². The summed E-state index contributed by atoms with van der Waals surface area (Å²) in [5.74, 6) is 0.266. The van der Waals surface area contributed by atoms with E-state index in [1.54, 1.807) is 0 Å². The lowest BCUT2D eigenvalue weighted by atomic mass is 9.86. The summed E-state index contributed by atoms with van der Waals surface area (Å²) in [5, 5.41) is 0.0833. The van der Waals surface area contributed by atoms with Gasteiger partial charge in [0.2, 0.25) is 0 Å². The van der Waals surface area contributed by atoms with Crippen molar-refractivity contribution in [2.45, 2.75) is 83.3 Å². The Morgan fingerprint density at radius 1 is 0.941 bits per heavy atom. The van der Waals surface area contributed by atoms with Crippen LogP contribution in [0.15, 0.2) is 84.1 Å². The molecule has 0 radical (unpaired) electrons. The van der Waals surface area contributed by atoms with Crippen molar-refractivity contribution < 1.29 is 9.22 Å². The number of allylic oxidation sites excluding steroid dienone is 3. The van der Waals surface area contributed by atoms with E-state index in [2.05, 4.69) is 119 Å². The minimum atomic E-state index is -2.12. The Kier molecular flexibility index (Phi) is 7.02. The maximum atomic E-state index is 12.9. The lowest BCUT2D eigenvalue weighted by molar-refractivity contribution is -0.116. The number of hydrogen-bond donors (Lipinski definition) is 0. The number of benzene rings is 2. The number of hydrogen-bond acceptors (Lipinski definition) is 3. The molecule has 3 nitrogen and oxygen atoms in total. The third kappa shape index (κ3) is 4.85. The fraction of sp³-hybridized carbons (Fsp3) is 0.433. The lowest BCUT2D eigenvalue weighted by Gasteiger charge is -2.49. The van der Waals surface area contributed by atoms with Crippen molar-refractivity contribution in [1.82, 2.24) is 4.90 Å². The molecule has 0 fully saturated rings. The summed E-state index contributed by atoms with van der Waals surface area (Å²) in [6.45, 7) is 13.8. The van der Waals surface area contributed by atoms with Crippen LogP contribution in [0, 0.1) is 0 Å². The van der Waals surface area contributed by atoms with Crippen LogP contribution in [-0.4, -0.2) is 25.0 Å². The van der Waals surface area contributed by atoms with Gasteiger partial charge in [-0.25, -0.2) is 0 Å². The highest BCUT2D eigenvalue weighted by atomic mass is 28.4. The van der Waals surface area contributed by atoms with Gasteiger partial charge < -0.3 is 9.33 Å². The highest BCUT2D eigenvalue weighted by Gasteiger charge is 2.44. The molecule has 2 aromatic carbocycles. The first-order chi connectivity index (χ1) is 16.1. The van der Waals surface area contributed by atoms with Crippen molar-refractivity contribution in [2.24, 2.45) is 0 Å². The molecule has 1 aliphatic carbocycles. The van der Waals surface area contributed by atoms with Gasteiger partial charge in [0.1, 0.15) is 0 Å². The van der Waals surface area contributed by atoms with Gasteiger partial charge in [0.05, 0.1) is 12.1 Å². The third-order valence-corrected chi connectivity index (χ3v) is 12.3. The van der Waals surface area contributed by atoms with Crippen LogP contribution in [0.3, 0.4) is 0 Å². The molecule has 0 N–H and O–H groups in total. The molecule has 0 spiro atoms. The molecule has 0 bridgehead atoms. The van der Waals surface area contributed by atoms with Crippen molar-refractivity contribution in [3.05, 3.63) is 95.2 Å². The van der Waals surface area contributed by atoms with Gasteiger partial charge in [-0.2, -0.15) is 0 Å². The number of nitrogens with zero attached hydrogens (tertiary/aromatic N) is 1. The van der Waals surface area contributed by atoms with Crippen LogP contribution in [-0.2, 0) is 9.22 Å². The molecule has 0 unspecified atom stereocenters. The Hall–Kier alpha value is -2.43. The molecule has 2 aromatic rings. The van der Waals surface area contributed by atoms with Crippen LogP contribution in [0.5, 0.6) is 0 Å². The predicted octanol–water partition coefficient (Wildman–Crippen LogP) is 7.76. The zero-order chi connectivity index (χ0) is 24.5. The van der Waals surface area contributed by atoms with E-state index in [0.717, 1.165) is 18.4 Å². The van der Waals surface area contributed by atoms with Crippen molar-refractivity contribution in [2.75, 3.05) is 0 Å². The predicted molar refractivity (Wildman–Crippen MR) is 143 cm³/mol. The molecule has 1 heterocycles. The van der Waals surface area contributed by atoms with Gasteiger partial charge in [0.25, 0.3) is 0 Å². The van der Waals surface area contributed by atoms with E-state index in [1.165, 1.54) is 16.8 Å². The van der Waals surface area contributed by atoms with Crippen LogP contribution in [0.25, 0.3) is 0 Å². The number of carbonyl (C=O) groups is 1. The second-order valence-corrected chi connectivity index (χ2v) is 16.0. The smallest absolute Gasteiger partial charge is 0.193 e. The van der Waals surface area contributed by atoms with Gasteiger partial charge in [0, 0.05) is 23.7 Å². The van der Waals surface area contributed by atoms with Crippen molar-refractivity contribution in [1.29, 1.82) is 0 Å². The van der Waals surface area contributed by atoms with Crippen molar-refractivity contribution in [3.8, 4) is 0 Å². The highest BCUT2D eigenvalue weighted by Crippen LogP contribution is 2.48. The molecule has 1 aliphatic heterocycles. The quantitative estimate of drug-likeness (QED) is 0.402. The minimum Gasteiger partial charge on any atom is -0.407 e. The molecule has 0 saturated heterocycles.